The molecule has 2 aliphatic rings. The Kier molecular flexibility index (Phi) is 4.62. The van der Waals surface area contributed by atoms with Crippen LogP contribution in [0.15, 0.2) is 23.4 Å². The summed E-state index contributed by atoms with van der Waals surface area (Å²) >= 11 is 0. The first-order chi connectivity index (χ1) is 11.6. The van der Waals surface area contributed by atoms with Gasteiger partial charge in [-0.3, -0.25) is 10.2 Å². The molecular formula is C17H23N3O4. The molecule has 1 aromatic rings. The average molecular weight is 333 g/mol. The lowest BCUT2D eigenvalue weighted by molar-refractivity contribution is -0.141. The molecule has 0 bridgehead atoms. The smallest absolute Gasteiger partial charge is 0.281 e. The lowest BCUT2D eigenvalue weighted by Crippen LogP contribution is -2.47. The Morgan fingerprint density at radius 1 is 1.38 bits per heavy atom. The minimum absolute atomic E-state index is 0.226. The number of carbonyl (C=O) groups excluding carboxylic acids is 1. The third-order valence-electron chi connectivity index (χ3n) is 4.57. The first-order valence-electron chi connectivity index (χ1n) is 8.17. The van der Waals surface area contributed by atoms with Crippen LogP contribution in [0, 0.1) is 0 Å². The number of hydrazine groups is 1. The standard InChI is InChI=1S/C17H23N3O4/c1-17(16(21)19-18)10-13(20-24-17)11-7-8-14(22-2)15(9-11)23-12-5-3-4-6-12/h7-9,12H,3-6,10,18H2,1-2H3,(H,19,21). The molecule has 3 rings (SSSR count). The third-order valence-corrected chi connectivity index (χ3v) is 4.57. The second-order valence-electron chi connectivity index (χ2n) is 6.40. The second-order valence-corrected chi connectivity index (χ2v) is 6.40. The summed E-state index contributed by atoms with van der Waals surface area (Å²) in [7, 11) is 1.62. The number of nitrogens with one attached hydrogen (secondary N) is 1. The zero-order chi connectivity index (χ0) is 17.2. The molecule has 1 aromatic carbocycles. The van der Waals surface area contributed by atoms with E-state index in [9.17, 15) is 4.79 Å². The van der Waals surface area contributed by atoms with Crippen molar-refractivity contribution in [1.29, 1.82) is 0 Å². The van der Waals surface area contributed by atoms with Crippen molar-refractivity contribution in [3.05, 3.63) is 23.8 Å². The van der Waals surface area contributed by atoms with E-state index in [4.69, 9.17) is 20.2 Å². The van der Waals surface area contributed by atoms with E-state index in [1.807, 2.05) is 18.2 Å². The highest BCUT2D eigenvalue weighted by Crippen LogP contribution is 2.34. The highest BCUT2D eigenvalue weighted by molar-refractivity contribution is 6.05. The number of nitrogens with two attached hydrogens (primary N) is 1. The molecule has 1 heterocycles. The van der Waals surface area contributed by atoms with Crippen molar-refractivity contribution in [2.75, 3.05) is 7.11 Å². The van der Waals surface area contributed by atoms with Gasteiger partial charge in [-0.1, -0.05) is 5.16 Å². The number of methoxy groups -OCH3 is 1. The van der Waals surface area contributed by atoms with Crippen molar-refractivity contribution < 1.29 is 19.1 Å². The summed E-state index contributed by atoms with van der Waals surface area (Å²) in [6, 6.07) is 5.63. The molecule has 1 aliphatic heterocycles. The van der Waals surface area contributed by atoms with Gasteiger partial charge < -0.3 is 14.3 Å². The molecule has 1 saturated carbocycles. The van der Waals surface area contributed by atoms with Gasteiger partial charge in [0.2, 0.25) is 5.60 Å². The molecule has 1 atom stereocenters. The Hall–Kier alpha value is -2.28. The molecule has 0 spiro atoms. The summed E-state index contributed by atoms with van der Waals surface area (Å²) in [4.78, 5) is 17.1. The molecule has 1 aliphatic carbocycles. The first-order valence-corrected chi connectivity index (χ1v) is 8.17. The number of oxime groups is 1. The van der Waals surface area contributed by atoms with Crippen LogP contribution in [-0.2, 0) is 9.63 Å². The van der Waals surface area contributed by atoms with E-state index >= 15 is 0 Å². The van der Waals surface area contributed by atoms with Gasteiger partial charge in [-0.25, -0.2) is 5.84 Å². The third kappa shape index (κ3) is 3.17. The lowest BCUT2D eigenvalue weighted by Gasteiger charge is -2.19. The van der Waals surface area contributed by atoms with E-state index in [0.717, 1.165) is 18.4 Å². The Balaban J connectivity index is 1.80. The maximum Gasteiger partial charge on any atom is 0.281 e. The van der Waals surface area contributed by atoms with Gasteiger partial charge in [-0.15, -0.1) is 0 Å². The summed E-state index contributed by atoms with van der Waals surface area (Å²) in [5, 5.41) is 4.06. The van der Waals surface area contributed by atoms with Crippen LogP contribution in [0.25, 0.3) is 0 Å². The number of ether oxygens (including phenoxy) is 2. The lowest BCUT2D eigenvalue weighted by atomic mass is 9.95. The number of amides is 1. The van der Waals surface area contributed by atoms with Gasteiger partial charge >= 0.3 is 0 Å². The maximum absolute atomic E-state index is 11.8. The van der Waals surface area contributed by atoms with Crippen LogP contribution in [0.5, 0.6) is 11.5 Å². The van der Waals surface area contributed by atoms with Crippen LogP contribution in [-0.4, -0.2) is 30.4 Å². The molecule has 0 radical (unpaired) electrons. The summed E-state index contributed by atoms with van der Waals surface area (Å²) in [5.41, 5.74) is 2.55. The zero-order valence-electron chi connectivity index (χ0n) is 14.0. The quantitative estimate of drug-likeness (QED) is 0.487. The van der Waals surface area contributed by atoms with Gasteiger partial charge in [0, 0.05) is 12.0 Å². The van der Waals surface area contributed by atoms with E-state index in [0.29, 0.717) is 23.6 Å². The van der Waals surface area contributed by atoms with Crippen molar-refractivity contribution in [3.63, 3.8) is 0 Å². The van der Waals surface area contributed by atoms with Gasteiger partial charge in [0.25, 0.3) is 5.91 Å². The predicted molar refractivity (Wildman–Crippen MR) is 88.9 cm³/mol. The number of benzene rings is 1. The van der Waals surface area contributed by atoms with Crippen LogP contribution in [0.2, 0.25) is 0 Å². The summed E-state index contributed by atoms with van der Waals surface area (Å²) < 4.78 is 11.5. The zero-order valence-corrected chi connectivity index (χ0v) is 14.0. The number of nitrogens with zero attached hydrogens (tertiary/aromatic N) is 1. The molecule has 7 nitrogen and oxygen atoms in total. The van der Waals surface area contributed by atoms with Crippen molar-refractivity contribution >= 4 is 11.6 Å². The average Bonchev–Trinajstić information content (AvgIpc) is 3.24. The summed E-state index contributed by atoms with van der Waals surface area (Å²) in [6.07, 6.45) is 5.08. The fourth-order valence-electron chi connectivity index (χ4n) is 3.10. The van der Waals surface area contributed by atoms with E-state index in [1.165, 1.54) is 12.8 Å². The van der Waals surface area contributed by atoms with Crippen LogP contribution in [0.4, 0.5) is 0 Å². The minimum Gasteiger partial charge on any atom is -0.493 e. The number of hydrogen-bond acceptors (Lipinski definition) is 6. The van der Waals surface area contributed by atoms with Crippen molar-refractivity contribution in [3.8, 4) is 11.5 Å². The second kappa shape index (κ2) is 6.68. The van der Waals surface area contributed by atoms with Gasteiger partial charge in [-0.2, -0.15) is 0 Å². The molecule has 24 heavy (non-hydrogen) atoms. The maximum atomic E-state index is 11.8. The molecule has 1 fully saturated rings. The highest BCUT2D eigenvalue weighted by Gasteiger charge is 2.42. The topological polar surface area (TPSA) is 95.2 Å². The molecule has 1 unspecified atom stereocenters. The largest absolute Gasteiger partial charge is 0.493 e. The van der Waals surface area contributed by atoms with Crippen LogP contribution >= 0.6 is 0 Å². The molecule has 1 amide bonds. The van der Waals surface area contributed by atoms with Gasteiger partial charge in [0.15, 0.2) is 11.5 Å². The molecular weight excluding hydrogens is 310 g/mol. The van der Waals surface area contributed by atoms with E-state index in [-0.39, 0.29) is 6.10 Å². The number of carbonyl (C=O) groups is 1. The Morgan fingerprint density at radius 2 is 2.12 bits per heavy atom. The fraction of sp³-hybridized carbons (Fsp3) is 0.529. The minimum atomic E-state index is -1.09. The van der Waals surface area contributed by atoms with Crippen molar-refractivity contribution in [2.45, 2.75) is 50.7 Å². The fourth-order valence-corrected chi connectivity index (χ4v) is 3.10. The number of rotatable bonds is 5. The van der Waals surface area contributed by atoms with E-state index in [1.54, 1.807) is 14.0 Å². The molecule has 3 N–H and O–H groups in total. The normalized spacial score (nSPS) is 23.5. The van der Waals surface area contributed by atoms with Crippen LogP contribution in [0.3, 0.4) is 0 Å². The van der Waals surface area contributed by atoms with Gasteiger partial charge in [-0.05, 0) is 50.8 Å². The Bertz CT molecular complexity index is 655. The summed E-state index contributed by atoms with van der Waals surface area (Å²) in [5.74, 6) is 6.19. The SMILES string of the molecule is COc1ccc(C2=NOC(C)(C(=O)NN)C2)cc1OC1CCCC1. The van der Waals surface area contributed by atoms with E-state index in [2.05, 4.69) is 10.6 Å². The number of hydrogen-bond donors (Lipinski definition) is 2. The highest BCUT2D eigenvalue weighted by atomic mass is 16.7. The first kappa shape index (κ1) is 16.6. The molecule has 0 saturated heterocycles. The van der Waals surface area contributed by atoms with Crippen LogP contribution < -0.4 is 20.7 Å². The molecule has 0 aromatic heterocycles. The Labute approximate surface area is 141 Å². The van der Waals surface area contributed by atoms with Gasteiger partial charge in [0.1, 0.15) is 0 Å². The summed E-state index contributed by atoms with van der Waals surface area (Å²) in [6.45, 7) is 1.66. The predicted octanol–water partition coefficient (Wildman–Crippen LogP) is 1.89. The molecule has 7 heteroatoms. The Morgan fingerprint density at radius 3 is 2.79 bits per heavy atom. The van der Waals surface area contributed by atoms with Crippen molar-refractivity contribution in [1.82, 2.24) is 5.43 Å². The monoisotopic (exact) mass is 333 g/mol. The van der Waals surface area contributed by atoms with Crippen molar-refractivity contribution in [2.24, 2.45) is 11.0 Å². The van der Waals surface area contributed by atoms with Crippen LogP contribution in [0.1, 0.15) is 44.6 Å². The van der Waals surface area contributed by atoms with E-state index < -0.39 is 11.5 Å². The van der Waals surface area contributed by atoms with Gasteiger partial charge in [0.05, 0.1) is 18.9 Å². The molecule has 130 valence electrons.